The average Bonchev–Trinajstić information content (AvgIpc) is 3.10. The fourth-order valence-electron chi connectivity index (χ4n) is 6.45. The van der Waals surface area contributed by atoms with E-state index in [9.17, 15) is 34.2 Å². The highest BCUT2D eigenvalue weighted by Gasteiger charge is 2.45. The summed E-state index contributed by atoms with van der Waals surface area (Å²) in [4.78, 5) is 65.4. The standard InChI is InChI=1S/C41H43BrO12/c1-17-13-29(20(4)21(5)30(17)38(46)53-35-25(9)22(6)31(23(7)26(35)10)37(45)51-16-50-12)52-39(47)32-24(8)27(11)36(33(42)34(32)44)54-40(48)41(49)18(2)14-28(43)15-19(41)3/h13-15,44,49H,16H2,1-12H3. The Kier molecular flexibility index (Phi) is 12.1. The van der Waals surface area contributed by atoms with Crippen LogP contribution in [0, 0.1) is 62.3 Å². The zero-order valence-electron chi connectivity index (χ0n) is 32.3. The summed E-state index contributed by atoms with van der Waals surface area (Å²) in [6.07, 6.45) is 2.26. The Morgan fingerprint density at radius 1 is 0.648 bits per heavy atom. The van der Waals surface area contributed by atoms with Gasteiger partial charge in [0.15, 0.2) is 18.3 Å². The van der Waals surface area contributed by atoms with Crippen molar-refractivity contribution in [3.05, 3.63) is 101 Å². The van der Waals surface area contributed by atoms with Crippen LogP contribution in [-0.4, -0.2) is 59.4 Å². The number of aromatic hydroxyl groups is 1. The molecule has 0 saturated carbocycles. The molecule has 1 aliphatic rings. The number of phenolic OH excluding ortho intramolecular Hbond substituents is 1. The van der Waals surface area contributed by atoms with Crippen LogP contribution in [0.3, 0.4) is 0 Å². The summed E-state index contributed by atoms with van der Waals surface area (Å²) < 4.78 is 27.3. The Morgan fingerprint density at radius 2 is 1.13 bits per heavy atom. The minimum atomic E-state index is -2.22. The van der Waals surface area contributed by atoms with Crippen LogP contribution < -0.4 is 14.2 Å². The van der Waals surface area contributed by atoms with Crippen LogP contribution in [0.15, 0.2) is 33.8 Å². The molecular weight excluding hydrogens is 764 g/mol. The number of aliphatic hydroxyl groups is 1. The monoisotopic (exact) mass is 806 g/mol. The number of phenols is 1. The van der Waals surface area contributed by atoms with Crippen molar-refractivity contribution in [1.29, 1.82) is 0 Å². The molecular formula is C41H43BrO12. The largest absolute Gasteiger partial charge is 0.506 e. The van der Waals surface area contributed by atoms with Crippen molar-refractivity contribution in [1.82, 2.24) is 0 Å². The molecule has 2 N–H and O–H groups in total. The normalized spacial score (nSPS) is 13.6. The van der Waals surface area contributed by atoms with E-state index in [1.807, 2.05) is 0 Å². The molecule has 0 saturated heterocycles. The van der Waals surface area contributed by atoms with Gasteiger partial charge in [-0.2, -0.15) is 0 Å². The van der Waals surface area contributed by atoms with E-state index in [4.69, 9.17) is 23.7 Å². The molecule has 4 rings (SSSR count). The van der Waals surface area contributed by atoms with Crippen molar-refractivity contribution in [2.24, 2.45) is 0 Å². The number of esters is 4. The Labute approximate surface area is 321 Å². The Morgan fingerprint density at radius 3 is 1.67 bits per heavy atom. The fourth-order valence-corrected chi connectivity index (χ4v) is 7.02. The summed E-state index contributed by atoms with van der Waals surface area (Å²) in [5.74, 6) is -3.88. The maximum Gasteiger partial charge on any atom is 0.352 e. The van der Waals surface area contributed by atoms with E-state index >= 15 is 0 Å². The molecule has 3 aromatic carbocycles. The van der Waals surface area contributed by atoms with E-state index in [1.54, 1.807) is 55.4 Å². The molecule has 0 aliphatic heterocycles. The predicted octanol–water partition coefficient (Wildman–Crippen LogP) is 7.24. The van der Waals surface area contributed by atoms with Gasteiger partial charge in [-0.3, -0.25) is 4.79 Å². The molecule has 0 aromatic heterocycles. The van der Waals surface area contributed by atoms with Gasteiger partial charge in [0, 0.05) is 7.11 Å². The molecule has 12 nitrogen and oxygen atoms in total. The van der Waals surface area contributed by atoms with Crippen LogP contribution in [-0.2, 0) is 19.1 Å². The van der Waals surface area contributed by atoms with E-state index in [2.05, 4.69) is 15.9 Å². The number of hydrogen-bond acceptors (Lipinski definition) is 12. The first-order valence-corrected chi connectivity index (χ1v) is 17.6. The first kappa shape index (κ1) is 41.6. The molecule has 3 aromatic rings. The zero-order chi connectivity index (χ0) is 40.7. The average molecular weight is 808 g/mol. The summed E-state index contributed by atoms with van der Waals surface area (Å²) in [7, 11) is 1.41. The number of allylic oxidation sites excluding steroid dienone is 2. The lowest BCUT2D eigenvalue weighted by atomic mass is 9.82. The van der Waals surface area contributed by atoms with Crippen molar-refractivity contribution in [3.63, 3.8) is 0 Å². The van der Waals surface area contributed by atoms with Gasteiger partial charge >= 0.3 is 23.9 Å². The third kappa shape index (κ3) is 7.23. The fraction of sp³-hybridized carbons (Fsp3) is 0.341. The summed E-state index contributed by atoms with van der Waals surface area (Å²) in [5, 5.41) is 22.4. The van der Waals surface area contributed by atoms with E-state index in [0.29, 0.717) is 50.3 Å². The molecule has 0 radical (unpaired) electrons. The number of rotatable bonds is 9. The van der Waals surface area contributed by atoms with Crippen LogP contribution in [0.2, 0.25) is 0 Å². The van der Waals surface area contributed by atoms with Crippen molar-refractivity contribution in [3.8, 4) is 23.0 Å². The van der Waals surface area contributed by atoms with Gasteiger partial charge in [-0.05, 0) is 172 Å². The summed E-state index contributed by atoms with van der Waals surface area (Å²) >= 11 is 3.23. The molecule has 0 atom stereocenters. The number of carbonyl (C=O) groups is 5. The van der Waals surface area contributed by atoms with Gasteiger partial charge in [-0.25, -0.2) is 19.2 Å². The number of aryl methyl sites for hydroxylation is 1. The molecule has 0 bridgehead atoms. The minimum Gasteiger partial charge on any atom is -0.506 e. The summed E-state index contributed by atoms with van der Waals surface area (Å²) in [5.41, 5.74) is 2.63. The Balaban J connectivity index is 1.64. The van der Waals surface area contributed by atoms with Crippen molar-refractivity contribution in [2.75, 3.05) is 13.9 Å². The summed E-state index contributed by atoms with van der Waals surface area (Å²) in [6, 6.07) is 1.52. The van der Waals surface area contributed by atoms with Crippen molar-refractivity contribution >= 4 is 45.6 Å². The smallest absolute Gasteiger partial charge is 0.352 e. The van der Waals surface area contributed by atoms with Gasteiger partial charge < -0.3 is 33.9 Å². The highest BCUT2D eigenvalue weighted by molar-refractivity contribution is 9.10. The van der Waals surface area contributed by atoms with E-state index < -0.39 is 35.2 Å². The van der Waals surface area contributed by atoms with Gasteiger partial charge in [-0.15, -0.1) is 0 Å². The molecule has 0 heterocycles. The topological polar surface area (TPSA) is 172 Å². The number of halogens is 1. The molecule has 54 heavy (non-hydrogen) atoms. The van der Waals surface area contributed by atoms with Gasteiger partial charge in [0.25, 0.3) is 0 Å². The first-order chi connectivity index (χ1) is 25.1. The van der Waals surface area contributed by atoms with Crippen LogP contribution >= 0.6 is 15.9 Å². The van der Waals surface area contributed by atoms with Crippen molar-refractivity contribution in [2.45, 2.75) is 81.8 Å². The second-order valence-corrected chi connectivity index (χ2v) is 14.2. The lowest BCUT2D eigenvalue weighted by Gasteiger charge is -2.30. The number of carbonyl (C=O) groups excluding carboxylic acids is 5. The van der Waals surface area contributed by atoms with Crippen LogP contribution in [0.25, 0.3) is 0 Å². The highest BCUT2D eigenvalue weighted by Crippen LogP contribution is 2.44. The lowest BCUT2D eigenvalue weighted by Crippen LogP contribution is -2.46. The molecule has 0 unspecified atom stereocenters. The Bertz CT molecular complexity index is 2140. The third-order valence-electron chi connectivity index (χ3n) is 10.2. The second-order valence-electron chi connectivity index (χ2n) is 13.4. The number of hydrogen-bond donors (Lipinski definition) is 2. The van der Waals surface area contributed by atoms with Crippen LogP contribution in [0.1, 0.15) is 95.0 Å². The SMILES string of the molecule is COCOC(=O)c1c(C)c(C)c(OC(=O)c2c(C)cc(OC(=O)c3c(C)c(C)c(OC(=O)C4(O)C(C)=CC(=O)C=C4C)c(Br)c3O)c(C)c2C)c(C)c1C. The molecule has 286 valence electrons. The molecule has 0 amide bonds. The number of methoxy groups -OCH3 is 1. The molecule has 1 aliphatic carbocycles. The van der Waals surface area contributed by atoms with E-state index in [1.165, 1.54) is 33.9 Å². The maximum absolute atomic E-state index is 13.7. The van der Waals surface area contributed by atoms with Crippen LogP contribution in [0.4, 0.5) is 0 Å². The van der Waals surface area contributed by atoms with Crippen LogP contribution in [0.5, 0.6) is 23.0 Å². The number of benzene rings is 3. The third-order valence-corrected chi connectivity index (χ3v) is 10.9. The number of ketones is 1. The van der Waals surface area contributed by atoms with Crippen molar-refractivity contribution < 1.29 is 57.9 Å². The van der Waals surface area contributed by atoms with E-state index in [-0.39, 0.29) is 61.9 Å². The van der Waals surface area contributed by atoms with Gasteiger partial charge in [0.2, 0.25) is 5.60 Å². The Hall–Kier alpha value is -5.11. The quantitative estimate of drug-likeness (QED) is 0.126. The maximum atomic E-state index is 13.7. The summed E-state index contributed by atoms with van der Waals surface area (Å²) in [6.45, 7) is 17.8. The van der Waals surface area contributed by atoms with E-state index in [0.717, 1.165) is 12.2 Å². The van der Waals surface area contributed by atoms with Gasteiger partial charge in [0.1, 0.15) is 27.3 Å². The molecule has 0 spiro atoms. The minimum absolute atomic E-state index is 0.0689. The predicted molar refractivity (Wildman–Crippen MR) is 202 cm³/mol. The lowest BCUT2D eigenvalue weighted by molar-refractivity contribution is -0.148. The first-order valence-electron chi connectivity index (χ1n) is 16.8. The molecule has 13 heteroatoms. The highest BCUT2D eigenvalue weighted by atomic mass is 79.9. The molecule has 0 fully saturated rings. The second kappa shape index (κ2) is 15.7. The zero-order valence-corrected chi connectivity index (χ0v) is 33.9. The van der Waals surface area contributed by atoms with Gasteiger partial charge in [-0.1, -0.05) is 0 Å². The number of ether oxygens (including phenoxy) is 5. The van der Waals surface area contributed by atoms with Gasteiger partial charge in [0.05, 0.1) is 11.1 Å².